The number of hydrogen-bond acceptors (Lipinski definition) is 4. The Balaban J connectivity index is 3.07. The summed E-state index contributed by atoms with van der Waals surface area (Å²) in [6.07, 6.45) is 1.85. The lowest BCUT2D eigenvalue weighted by Gasteiger charge is -2.42. The summed E-state index contributed by atoms with van der Waals surface area (Å²) in [5, 5.41) is 0. The molecule has 0 heterocycles. The molecule has 2 unspecified atom stereocenters. The number of hydrogen-bond donors (Lipinski definition) is 2. The van der Waals surface area contributed by atoms with E-state index in [9.17, 15) is 0 Å². The lowest BCUT2D eigenvalue weighted by molar-refractivity contribution is 0.112. The van der Waals surface area contributed by atoms with Gasteiger partial charge in [-0.05, 0) is 52.4 Å². The zero-order valence-corrected chi connectivity index (χ0v) is 13.7. The van der Waals surface area contributed by atoms with E-state index in [1.54, 1.807) is 7.11 Å². The number of nitrogens with two attached hydrogens (primary N) is 1. The van der Waals surface area contributed by atoms with Gasteiger partial charge < -0.3 is 9.64 Å². The molecule has 0 aliphatic rings. The number of aryl methyl sites for hydroxylation is 1. The number of rotatable bonds is 7. The van der Waals surface area contributed by atoms with Crippen molar-refractivity contribution in [3.63, 3.8) is 0 Å². The van der Waals surface area contributed by atoms with Crippen LogP contribution in [0.4, 0.5) is 0 Å². The summed E-state index contributed by atoms with van der Waals surface area (Å²) in [5.74, 6) is 6.76. The monoisotopic (exact) mass is 279 g/mol. The van der Waals surface area contributed by atoms with E-state index in [0.29, 0.717) is 0 Å². The maximum absolute atomic E-state index is 5.83. The summed E-state index contributed by atoms with van der Waals surface area (Å²) in [6.45, 7) is 6.52. The lowest BCUT2D eigenvalue weighted by Crippen LogP contribution is -2.59. The van der Waals surface area contributed by atoms with Crippen LogP contribution in [0.5, 0.6) is 5.75 Å². The van der Waals surface area contributed by atoms with Crippen molar-refractivity contribution in [1.82, 2.24) is 10.3 Å². The van der Waals surface area contributed by atoms with E-state index < -0.39 is 0 Å². The second-order valence-electron chi connectivity index (χ2n) is 5.84. The highest BCUT2D eigenvalue weighted by Gasteiger charge is 2.34. The first kappa shape index (κ1) is 17.0. The minimum Gasteiger partial charge on any atom is -0.496 e. The van der Waals surface area contributed by atoms with Gasteiger partial charge in [-0.2, -0.15) is 0 Å². The third-order valence-electron chi connectivity index (χ3n) is 4.55. The molecule has 4 nitrogen and oxygen atoms in total. The molecule has 3 N–H and O–H groups in total. The molecule has 0 spiro atoms. The number of hydrazine groups is 1. The van der Waals surface area contributed by atoms with Crippen LogP contribution < -0.4 is 16.0 Å². The molecule has 0 amide bonds. The molecule has 0 aromatic heterocycles. The zero-order valence-electron chi connectivity index (χ0n) is 13.7. The molecule has 0 aliphatic carbocycles. The molecule has 1 rings (SSSR count). The second kappa shape index (κ2) is 7.07. The van der Waals surface area contributed by atoms with Crippen molar-refractivity contribution in [1.29, 1.82) is 0 Å². The summed E-state index contributed by atoms with van der Waals surface area (Å²) >= 11 is 0. The predicted octanol–water partition coefficient (Wildman–Crippen LogP) is 2.11. The summed E-state index contributed by atoms with van der Waals surface area (Å²) in [7, 11) is 5.91. The number of benzene rings is 1. The van der Waals surface area contributed by atoms with E-state index in [1.807, 2.05) is 6.07 Å². The van der Waals surface area contributed by atoms with Crippen LogP contribution in [0.1, 0.15) is 31.4 Å². The molecule has 1 aromatic rings. The first-order valence-electron chi connectivity index (χ1n) is 7.16. The van der Waals surface area contributed by atoms with E-state index in [-0.39, 0.29) is 11.6 Å². The minimum absolute atomic E-state index is 0.0104. The zero-order chi connectivity index (χ0) is 15.3. The SMILES string of the molecule is CCC(C)(C(Cc1cc(C)ccc1OC)NN)N(C)C. The van der Waals surface area contributed by atoms with Gasteiger partial charge >= 0.3 is 0 Å². The second-order valence-corrected chi connectivity index (χ2v) is 5.84. The number of methoxy groups -OCH3 is 1. The smallest absolute Gasteiger partial charge is 0.122 e. The fraction of sp³-hybridized carbons (Fsp3) is 0.625. The predicted molar refractivity (Wildman–Crippen MR) is 84.9 cm³/mol. The molecule has 0 saturated carbocycles. The van der Waals surface area contributed by atoms with Crippen molar-refractivity contribution in [2.75, 3.05) is 21.2 Å². The average Bonchev–Trinajstić information content (AvgIpc) is 2.43. The molecule has 0 bridgehead atoms. The van der Waals surface area contributed by atoms with Gasteiger partial charge in [0.25, 0.3) is 0 Å². The largest absolute Gasteiger partial charge is 0.496 e. The van der Waals surface area contributed by atoms with Crippen molar-refractivity contribution >= 4 is 0 Å². The first-order valence-corrected chi connectivity index (χ1v) is 7.16. The van der Waals surface area contributed by atoms with Crippen LogP contribution in [-0.4, -0.2) is 37.7 Å². The Hall–Kier alpha value is -1.10. The quantitative estimate of drug-likeness (QED) is 0.593. The molecule has 1 aromatic carbocycles. The normalized spacial score (nSPS) is 16.0. The minimum atomic E-state index is -0.0104. The van der Waals surface area contributed by atoms with Gasteiger partial charge in [0, 0.05) is 11.6 Å². The van der Waals surface area contributed by atoms with Crippen LogP contribution in [-0.2, 0) is 6.42 Å². The number of ether oxygens (including phenoxy) is 1. The highest BCUT2D eigenvalue weighted by molar-refractivity contribution is 5.37. The third-order valence-corrected chi connectivity index (χ3v) is 4.55. The van der Waals surface area contributed by atoms with Gasteiger partial charge in [0.05, 0.1) is 7.11 Å². The van der Waals surface area contributed by atoms with E-state index in [1.165, 1.54) is 11.1 Å². The molecule has 0 aliphatic heterocycles. The molecule has 0 fully saturated rings. The molecule has 0 saturated heterocycles. The van der Waals surface area contributed by atoms with Gasteiger partial charge in [0.1, 0.15) is 5.75 Å². The van der Waals surface area contributed by atoms with Crippen LogP contribution in [0.3, 0.4) is 0 Å². The Morgan fingerprint density at radius 2 is 2.05 bits per heavy atom. The Bertz CT molecular complexity index is 434. The van der Waals surface area contributed by atoms with Crippen LogP contribution in [0, 0.1) is 6.92 Å². The van der Waals surface area contributed by atoms with E-state index >= 15 is 0 Å². The van der Waals surface area contributed by atoms with Gasteiger partial charge in [-0.1, -0.05) is 24.6 Å². The van der Waals surface area contributed by atoms with Crippen LogP contribution in [0.15, 0.2) is 18.2 Å². The van der Waals surface area contributed by atoms with Crippen molar-refractivity contribution in [2.45, 2.75) is 45.2 Å². The Labute approximate surface area is 123 Å². The molecule has 4 heteroatoms. The van der Waals surface area contributed by atoms with Crippen molar-refractivity contribution < 1.29 is 4.74 Å². The van der Waals surface area contributed by atoms with E-state index in [4.69, 9.17) is 10.6 Å². The summed E-state index contributed by atoms with van der Waals surface area (Å²) in [6, 6.07) is 6.42. The Morgan fingerprint density at radius 3 is 2.50 bits per heavy atom. The van der Waals surface area contributed by atoms with E-state index in [0.717, 1.165) is 18.6 Å². The van der Waals surface area contributed by atoms with Gasteiger partial charge in [-0.25, -0.2) is 0 Å². The van der Waals surface area contributed by atoms with Crippen molar-refractivity contribution in [3.8, 4) is 5.75 Å². The lowest BCUT2D eigenvalue weighted by atomic mass is 9.84. The van der Waals surface area contributed by atoms with E-state index in [2.05, 4.69) is 57.3 Å². The Morgan fingerprint density at radius 1 is 1.40 bits per heavy atom. The molecular weight excluding hydrogens is 250 g/mol. The fourth-order valence-corrected chi connectivity index (χ4v) is 2.62. The highest BCUT2D eigenvalue weighted by Crippen LogP contribution is 2.27. The van der Waals surface area contributed by atoms with Gasteiger partial charge in [0.2, 0.25) is 0 Å². The molecular formula is C16H29N3O. The topological polar surface area (TPSA) is 50.5 Å². The first-order chi connectivity index (χ1) is 9.38. The van der Waals surface area contributed by atoms with Crippen molar-refractivity contribution in [3.05, 3.63) is 29.3 Å². The molecule has 20 heavy (non-hydrogen) atoms. The Kier molecular flexibility index (Phi) is 5.99. The van der Waals surface area contributed by atoms with Gasteiger partial charge in [-0.3, -0.25) is 11.3 Å². The van der Waals surface area contributed by atoms with Crippen LogP contribution >= 0.6 is 0 Å². The number of likely N-dealkylation sites (N-methyl/N-ethyl adjacent to an activating group) is 1. The summed E-state index contributed by atoms with van der Waals surface area (Å²) in [5.41, 5.74) is 5.41. The molecule has 0 radical (unpaired) electrons. The number of nitrogens with zero attached hydrogens (tertiary/aromatic N) is 1. The van der Waals surface area contributed by atoms with Gasteiger partial charge in [0.15, 0.2) is 0 Å². The van der Waals surface area contributed by atoms with Crippen LogP contribution in [0.2, 0.25) is 0 Å². The maximum Gasteiger partial charge on any atom is 0.122 e. The average molecular weight is 279 g/mol. The summed E-state index contributed by atoms with van der Waals surface area (Å²) < 4.78 is 5.47. The molecule has 114 valence electrons. The van der Waals surface area contributed by atoms with Gasteiger partial charge in [-0.15, -0.1) is 0 Å². The van der Waals surface area contributed by atoms with Crippen LogP contribution in [0.25, 0.3) is 0 Å². The molecule has 2 atom stereocenters. The summed E-state index contributed by atoms with van der Waals surface area (Å²) in [4.78, 5) is 2.24. The van der Waals surface area contributed by atoms with Crippen molar-refractivity contribution in [2.24, 2.45) is 5.84 Å². The number of nitrogens with one attached hydrogen (secondary N) is 1. The highest BCUT2D eigenvalue weighted by atomic mass is 16.5. The maximum atomic E-state index is 5.83. The third kappa shape index (κ3) is 3.51. The standard InChI is InChI=1S/C16H29N3O/c1-7-16(3,19(4)5)15(18-17)11-13-10-12(2)8-9-14(13)20-6/h8-10,15,18H,7,11,17H2,1-6H3. The fourth-order valence-electron chi connectivity index (χ4n) is 2.62.